The van der Waals surface area contributed by atoms with E-state index in [-0.39, 0.29) is 6.61 Å². The van der Waals surface area contributed by atoms with Gasteiger partial charge in [-0.2, -0.15) is 5.26 Å². The Kier molecular flexibility index (Phi) is 5.32. The third kappa shape index (κ3) is 4.91. The average Bonchev–Trinajstić information content (AvgIpc) is 2.91. The van der Waals surface area contributed by atoms with E-state index in [9.17, 15) is 5.11 Å². The first-order valence-corrected chi connectivity index (χ1v) is 6.60. The van der Waals surface area contributed by atoms with Crippen molar-refractivity contribution in [3.05, 3.63) is 47.7 Å². The number of nitrogens with zero attached hydrogens (tertiary/aromatic N) is 2. The Morgan fingerprint density at radius 2 is 2.38 bits per heavy atom. The van der Waals surface area contributed by atoms with E-state index < -0.39 is 6.10 Å². The van der Waals surface area contributed by atoms with Gasteiger partial charge in [0.15, 0.2) is 0 Å². The molecule has 0 saturated heterocycles. The predicted octanol–water partition coefficient (Wildman–Crippen LogP) is 1.38. The van der Waals surface area contributed by atoms with Gasteiger partial charge in [0.25, 0.3) is 0 Å². The Balaban J connectivity index is 1.69. The summed E-state index contributed by atoms with van der Waals surface area (Å²) in [5, 5.41) is 21.6. The Bertz CT molecular complexity index is 619. The van der Waals surface area contributed by atoms with E-state index >= 15 is 0 Å². The Hall–Kier alpha value is -2.36. The van der Waals surface area contributed by atoms with Crippen molar-refractivity contribution in [1.82, 2.24) is 10.3 Å². The summed E-state index contributed by atoms with van der Waals surface area (Å²) in [5.74, 6) is 1.91. The van der Waals surface area contributed by atoms with Crippen LogP contribution < -0.4 is 10.1 Å². The molecule has 1 aromatic heterocycles. The summed E-state index contributed by atoms with van der Waals surface area (Å²) in [7, 11) is 0. The van der Waals surface area contributed by atoms with E-state index in [1.807, 2.05) is 13.0 Å². The highest BCUT2D eigenvalue weighted by molar-refractivity contribution is 5.36. The molecule has 2 rings (SSSR count). The fourth-order valence-corrected chi connectivity index (χ4v) is 1.74. The van der Waals surface area contributed by atoms with E-state index in [2.05, 4.69) is 10.3 Å². The van der Waals surface area contributed by atoms with Gasteiger partial charge >= 0.3 is 0 Å². The first kappa shape index (κ1) is 15.0. The van der Waals surface area contributed by atoms with E-state index in [1.165, 1.54) is 0 Å². The highest BCUT2D eigenvalue weighted by Crippen LogP contribution is 2.12. The number of nitrogens with one attached hydrogen (secondary N) is 1. The molecule has 0 aliphatic carbocycles. The molecule has 0 spiro atoms. The molecule has 6 heteroatoms. The van der Waals surface area contributed by atoms with Crippen molar-refractivity contribution in [2.75, 3.05) is 13.2 Å². The standard InChI is InChI=1S/C15H17N3O3/c1-11-7-18-15(21-11)9-17-8-13(19)10-20-14-4-2-3-12(5-14)6-16/h2-5,7,13,17,19H,8-10H2,1H3. The molecule has 0 fully saturated rings. The second-order valence-electron chi connectivity index (χ2n) is 4.60. The summed E-state index contributed by atoms with van der Waals surface area (Å²) in [5.41, 5.74) is 0.527. The van der Waals surface area contributed by atoms with Crippen molar-refractivity contribution < 1.29 is 14.3 Å². The largest absolute Gasteiger partial charge is 0.491 e. The van der Waals surface area contributed by atoms with E-state index in [4.69, 9.17) is 14.4 Å². The van der Waals surface area contributed by atoms with Gasteiger partial charge < -0.3 is 19.6 Å². The molecule has 0 amide bonds. The van der Waals surface area contributed by atoms with Crippen molar-refractivity contribution in [3.63, 3.8) is 0 Å². The van der Waals surface area contributed by atoms with Crippen LogP contribution in [0.3, 0.4) is 0 Å². The van der Waals surface area contributed by atoms with Crippen LogP contribution >= 0.6 is 0 Å². The second-order valence-corrected chi connectivity index (χ2v) is 4.60. The number of aliphatic hydroxyl groups excluding tert-OH is 1. The summed E-state index contributed by atoms with van der Waals surface area (Å²) < 4.78 is 10.7. The SMILES string of the molecule is Cc1cnc(CNCC(O)COc2cccc(C#N)c2)o1. The fraction of sp³-hybridized carbons (Fsp3) is 0.333. The Labute approximate surface area is 123 Å². The van der Waals surface area contributed by atoms with Gasteiger partial charge in [0.2, 0.25) is 5.89 Å². The lowest BCUT2D eigenvalue weighted by Crippen LogP contribution is -2.31. The van der Waals surface area contributed by atoms with Gasteiger partial charge in [-0.05, 0) is 25.1 Å². The van der Waals surface area contributed by atoms with Crippen LogP contribution in [0.5, 0.6) is 5.75 Å². The number of hydrogen-bond acceptors (Lipinski definition) is 6. The molecule has 2 aromatic rings. The number of benzene rings is 1. The highest BCUT2D eigenvalue weighted by Gasteiger charge is 2.07. The van der Waals surface area contributed by atoms with Gasteiger partial charge in [-0.3, -0.25) is 0 Å². The lowest BCUT2D eigenvalue weighted by molar-refractivity contribution is 0.105. The molecule has 0 radical (unpaired) electrons. The number of ether oxygens (including phenoxy) is 1. The molecule has 21 heavy (non-hydrogen) atoms. The molecule has 1 atom stereocenters. The lowest BCUT2D eigenvalue weighted by atomic mass is 10.2. The molecule has 2 N–H and O–H groups in total. The van der Waals surface area contributed by atoms with Gasteiger partial charge in [0.1, 0.15) is 24.2 Å². The Morgan fingerprint density at radius 1 is 1.52 bits per heavy atom. The maximum atomic E-state index is 9.82. The highest BCUT2D eigenvalue weighted by atomic mass is 16.5. The van der Waals surface area contributed by atoms with Gasteiger partial charge in [0.05, 0.1) is 24.4 Å². The normalized spacial score (nSPS) is 11.9. The molecule has 0 bridgehead atoms. The van der Waals surface area contributed by atoms with Gasteiger partial charge in [-0.25, -0.2) is 4.98 Å². The van der Waals surface area contributed by atoms with Crippen LogP contribution in [0.4, 0.5) is 0 Å². The van der Waals surface area contributed by atoms with Crippen LogP contribution in [0.1, 0.15) is 17.2 Å². The summed E-state index contributed by atoms with van der Waals surface area (Å²) in [6.07, 6.45) is 0.991. The van der Waals surface area contributed by atoms with Crippen molar-refractivity contribution in [2.24, 2.45) is 0 Å². The van der Waals surface area contributed by atoms with Crippen molar-refractivity contribution in [1.29, 1.82) is 5.26 Å². The smallest absolute Gasteiger partial charge is 0.208 e. The maximum Gasteiger partial charge on any atom is 0.208 e. The molecule has 1 aromatic carbocycles. The van der Waals surface area contributed by atoms with Crippen molar-refractivity contribution >= 4 is 0 Å². The summed E-state index contributed by atoms with van der Waals surface area (Å²) in [4.78, 5) is 4.05. The number of aromatic nitrogens is 1. The minimum absolute atomic E-state index is 0.145. The second kappa shape index (κ2) is 7.43. The zero-order valence-electron chi connectivity index (χ0n) is 11.7. The lowest BCUT2D eigenvalue weighted by Gasteiger charge is -2.12. The van der Waals surface area contributed by atoms with Crippen LogP contribution in [-0.2, 0) is 6.54 Å². The number of aryl methyl sites for hydroxylation is 1. The van der Waals surface area contributed by atoms with Crippen molar-refractivity contribution in [2.45, 2.75) is 19.6 Å². The van der Waals surface area contributed by atoms with Crippen molar-refractivity contribution in [3.8, 4) is 11.8 Å². The molecule has 1 heterocycles. The molecular weight excluding hydrogens is 270 g/mol. The molecule has 110 valence electrons. The monoisotopic (exact) mass is 287 g/mol. The van der Waals surface area contributed by atoms with Gasteiger partial charge in [0, 0.05) is 6.54 Å². The zero-order chi connectivity index (χ0) is 15.1. The van der Waals surface area contributed by atoms with Crippen LogP contribution in [-0.4, -0.2) is 29.3 Å². The summed E-state index contributed by atoms with van der Waals surface area (Å²) >= 11 is 0. The topological polar surface area (TPSA) is 91.3 Å². The number of aliphatic hydroxyl groups is 1. The third-order valence-corrected chi connectivity index (χ3v) is 2.73. The van der Waals surface area contributed by atoms with Crippen LogP contribution in [0.15, 0.2) is 34.9 Å². The molecular formula is C15H17N3O3. The van der Waals surface area contributed by atoms with E-state index in [1.54, 1.807) is 30.5 Å². The fourth-order valence-electron chi connectivity index (χ4n) is 1.74. The number of rotatable bonds is 7. The van der Waals surface area contributed by atoms with Gasteiger partial charge in [-0.1, -0.05) is 6.07 Å². The zero-order valence-corrected chi connectivity index (χ0v) is 11.7. The minimum atomic E-state index is -0.660. The average molecular weight is 287 g/mol. The molecule has 1 unspecified atom stereocenters. The summed E-state index contributed by atoms with van der Waals surface area (Å²) in [6, 6.07) is 8.86. The van der Waals surface area contributed by atoms with Crippen LogP contribution in [0.25, 0.3) is 0 Å². The number of oxazole rings is 1. The quantitative estimate of drug-likeness (QED) is 0.799. The first-order chi connectivity index (χ1) is 10.2. The van der Waals surface area contributed by atoms with E-state index in [0.29, 0.717) is 30.3 Å². The van der Waals surface area contributed by atoms with Crippen LogP contribution in [0, 0.1) is 18.3 Å². The van der Waals surface area contributed by atoms with E-state index in [0.717, 1.165) is 5.76 Å². The maximum absolute atomic E-state index is 9.82. The number of nitriles is 1. The molecule has 0 aliphatic rings. The van der Waals surface area contributed by atoms with Gasteiger partial charge in [-0.15, -0.1) is 0 Å². The van der Waals surface area contributed by atoms with Crippen LogP contribution in [0.2, 0.25) is 0 Å². The number of hydrogen-bond donors (Lipinski definition) is 2. The molecule has 6 nitrogen and oxygen atoms in total. The minimum Gasteiger partial charge on any atom is -0.491 e. The molecule has 0 aliphatic heterocycles. The molecule has 0 saturated carbocycles. The third-order valence-electron chi connectivity index (χ3n) is 2.73. The Morgan fingerprint density at radius 3 is 3.10 bits per heavy atom. The first-order valence-electron chi connectivity index (χ1n) is 6.60. The summed E-state index contributed by atoms with van der Waals surface area (Å²) in [6.45, 7) is 2.79. The predicted molar refractivity (Wildman–Crippen MR) is 75.6 cm³/mol.